The highest BCUT2D eigenvalue weighted by Gasteiger charge is 2.43. The standard InChI is InChI=1S/C20H30N4O5S/c1-21-18(25)12-24-14-20(8-10-23(11-9-20)13-19(26)22(2)3)15-29-16-6-4-5-7-17(16)30(24,27)28/h4-7H,8-15H2,1-3H3,(H,21,25). The lowest BCUT2D eigenvalue weighted by Gasteiger charge is -2.44. The van der Waals surface area contributed by atoms with Crippen molar-refractivity contribution in [3.63, 3.8) is 0 Å². The van der Waals surface area contributed by atoms with Gasteiger partial charge in [0.05, 0.1) is 19.7 Å². The largest absolute Gasteiger partial charge is 0.492 e. The zero-order chi connectivity index (χ0) is 21.9. The Morgan fingerprint density at radius 2 is 1.83 bits per heavy atom. The van der Waals surface area contributed by atoms with Crippen molar-refractivity contribution in [2.45, 2.75) is 17.7 Å². The van der Waals surface area contributed by atoms with Crippen molar-refractivity contribution in [1.82, 2.24) is 19.4 Å². The number of likely N-dealkylation sites (N-methyl/N-ethyl adjacent to an activating group) is 2. The van der Waals surface area contributed by atoms with Crippen molar-refractivity contribution in [2.75, 3.05) is 60.5 Å². The molecule has 0 aromatic heterocycles. The smallest absolute Gasteiger partial charge is 0.247 e. The summed E-state index contributed by atoms with van der Waals surface area (Å²) in [6, 6.07) is 6.54. The first kappa shape index (κ1) is 22.5. The number of likely N-dealkylation sites (tertiary alicyclic amines) is 1. The molecule has 0 atom stereocenters. The summed E-state index contributed by atoms with van der Waals surface area (Å²) in [4.78, 5) is 27.9. The lowest BCUT2D eigenvalue weighted by Crippen LogP contribution is -2.53. The van der Waals surface area contributed by atoms with Crippen LogP contribution in [0.15, 0.2) is 29.2 Å². The van der Waals surface area contributed by atoms with Crippen LogP contribution in [0.5, 0.6) is 5.75 Å². The number of para-hydroxylation sites is 1. The van der Waals surface area contributed by atoms with Crippen LogP contribution in [0, 0.1) is 5.41 Å². The van der Waals surface area contributed by atoms with Gasteiger partial charge in [-0.25, -0.2) is 8.42 Å². The zero-order valence-corrected chi connectivity index (χ0v) is 18.6. The summed E-state index contributed by atoms with van der Waals surface area (Å²) in [5.41, 5.74) is -0.424. The molecule has 0 aliphatic carbocycles. The van der Waals surface area contributed by atoms with Gasteiger partial charge in [0, 0.05) is 33.1 Å². The van der Waals surface area contributed by atoms with Crippen molar-refractivity contribution < 1.29 is 22.7 Å². The van der Waals surface area contributed by atoms with E-state index in [4.69, 9.17) is 4.74 Å². The van der Waals surface area contributed by atoms with E-state index in [0.29, 0.717) is 44.8 Å². The van der Waals surface area contributed by atoms with Gasteiger partial charge in [-0.1, -0.05) is 12.1 Å². The first-order chi connectivity index (χ1) is 14.2. The lowest BCUT2D eigenvalue weighted by atomic mass is 9.78. The molecule has 1 fully saturated rings. The number of ether oxygens (including phenoxy) is 1. The average molecular weight is 439 g/mol. The first-order valence-electron chi connectivity index (χ1n) is 10.0. The Morgan fingerprint density at radius 1 is 1.17 bits per heavy atom. The highest BCUT2D eigenvalue weighted by atomic mass is 32.2. The van der Waals surface area contributed by atoms with Crippen LogP contribution in [0.2, 0.25) is 0 Å². The second-order valence-corrected chi connectivity index (χ2v) is 10.2. The molecule has 0 bridgehead atoms. The van der Waals surface area contributed by atoms with Crippen LogP contribution in [-0.2, 0) is 19.6 Å². The van der Waals surface area contributed by atoms with Crippen LogP contribution in [-0.4, -0.2) is 94.8 Å². The van der Waals surface area contributed by atoms with Crippen LogP contribution in [0.25, 0.3) is 0 Å². The molecule has 0 radical (unpaired) electrons. The number of carbonyl (C=O) groups excluding carboxylic acids is 2. The van der Waals surface area contributed by atoms with Gasteiger partial charge < -0.3 is 15.0 Å². The van der Waals surface area contributed by atoms with E-state index < -0.39 is 15.4 Å². The predicted octanol–water partition coefficient (Wildman–Crippen LogP) is -0.0139. The fraction of sp³-hybridized carbons (Fsp3) is 0.600. The number of piperidine rings is 1. The Morgan fingerprint density at radius 3 is 2.47 bits per heavy atom. The van der Waals surface area contributed by atoms with Gasteiger partial charge in [-0.2, -0.15) is 4.31 Å². The molecule has 10 heteroatoms. The summed E-state index contributed by atoms with van der Waals surface area (Å²) in [5.74, 6) is -0.0111. The van der Waals surface area contributed by atoms with Crippen molar-refractivity contribution >= 4 is 21.8 Å². The number of amides is 2. The molecule has 1 spiro atoms. The summed E-state index contributed by atoms with van der Waals surface area (Å²) in [7, 11) is 1.06. The second kappa shape index (κ2) is 8.91. The minimum absolute atomic E-state index is 0.0395. The maximum Gasteiger partial charge on any atom is 0.247 e. The maximum absolute atomic E-state index is 13.3. The van der Waals surface area contributed by atoms with E-state index in [1.54, 1.807) is 37.2 Å². The van der Waals surface area contributed by atoms with Gasteiger partial charge >= 0.3 is 0 Å². The molecule has 1 saturated heterocycles. The third-order valence-corrected chi connectivity index (χ3v) is 7.72. The lowest BCUT2D eigenvalue weighted by molar-refractivity contribution is -0.130. The molecule has 3 rings (SSSR count). The number of hydrogen-bond donors (Lipinski definition) is 1. The molecule has 2 amide bonds. The molecule has 166 valence electrons. The Labute approximate surface area is 178 Å². The number of hydrogen-bond acceptors (Lipinski definition) is 6. The molecule has 2 aliphatic heterocycles. The molecule has 2 heterocycles. The highest BCUT2D eigenvalue weighted by Crippen LogP contribution is 2.39. The average Bonchev–Trinajstić information content (AvgIpc) is 2.72. The topological polar surface area (TPSA) is 99.3 Å². The summed E-state index contributed by atoms with van der Waals surface area (Å²) in [6.45, 7) is 1.99. The number of sulfonamides is 1. The summed E-state index contributed by atoms with van der Waals surface area (Å²) >= 11 is 0. The predicted molar refractivity (Wildman–Crippen MR) is 112 cm³/mol. The third-order valence-electron chi connectivity index (χ3n) is 5.89. The van der Waals surface area contributed by atoms with E-state index in [9.17, 15) is 18.0 Å². The van der Waals surface area contributed by atoms with Gasteiger partial charge in [0.15, 0.2) is 0 Å². The number of fused-ring (bicyclic) bond motifs is 1. The molecule has 1 aromatic carbocycles. The van der Waals surface area contributed by atoms with Gasteiger partial charge in [-0.3, -0.25) is 14.5 Å². The fourth-order valence-electron chi connectivity index (χ4n) is 3.86. The van der Waals surface area contributed by atoms with Crippen molar-refractivity contribution in [1.29, 1.82) is 0 Å². The fourth-order valence-corrected chi connectivity index (χ4v) is 5.50. The Balaban J connectivity index is 1.86. The number of carbonyl (C=O) groups is 2. The third kappa shape index (κ3) is 4.76. The number of benzene rings is 1. The summed E-state index contributed by atoms with van der Waals surface area (Å²) in [6.07, 6.45) is 1.35. The van der Waals surface area contributed by atoms with E-state index in [0.717, 1.165) is 0 Å². The van der Waals surface area contributed by atoms with Gasteiger partial charge in [-0.15, -0.1) is 0 Å². The summed E-state index contributed by atoms with van der Waals surface area (Å²) < 4.78 is 34.0. The van der Waals surface area contributed by atoms with Crippen LogP contribution in [0.1, 0.15) is 12.8 Å². The van der Waals surface area contributed by atoms with E-state index in [-0.39, 0.29) is 29.8 Å². The summed E-state index contributed by atoms with van der Waals surface area (Å²) in [5, 5.41) is 2.51. The van der Waals surface area contributed by atoms with Gasteiger partial charge in [0.25, 0.3) is 0 Å². The van der Waals surface area contributed by atoms with Crippen LogP contribution >= 0.6 is 0 Å². The van der Waals surface area contributed by atoms with Crippen LogP contribution < -0.4 is 10.1 Å². The molecule has 2 aliphatic rings. The molecule has 9 nitrogen and oxygen atoms in total. The maximum atomic E-state index is 13.3. The quantitative estimate of drug-likeness (QED) is 0.710. The van der Waals surface area contributed by atoms with Crippen LogP contribution in [0.3, 0.4) is 0 Å². The molecular weight excluding hydrogens is 408 g/mol. The number of nitrogens with zero attached hydrogens (tertiary/aromatic N) is 3. The molecule has 30 heavy (non-hydrogen) atoms. The van der Waals surface area contributed by atoms with Crippen molar-refractivity contribution in [3.05, 3.63) is 24.3 Å². The Hall–Kier alpha value is -2.17. The molecule has 0 saturated carbocycles. The number of nitrogens with one attached hydrogen (secondary N) is 1. The Kier molecular flexibility index (Phi) is 6.68. The van der Waals surface area contributed by atoms with Gasteiger partial charge in [0.2, 0.25) is 21.8 Å². The number of rotatable bonds is 4. The highest BCUT2D eigenvalue weighted by molar-refractivity contribution is 7.89. The van der Waals surface area contributed by atoms with E-state index >= 15 is 0 Å². The normalized spacial score (nSPS) is 21.0. The zero-order valence-electron chi connectivity index (χ0n) is 17.8. The van der Waals surface area contributed by atoms with E-state index in [2.05, 4.69) is 10.2 Å². The molecule has 1 aromatic rings. The second-order valence-electron chi connectivity index (χ2n) is 8.25. The van der Waals surface area contributed by atoms with Crippen molar-refractivity contribution in [3.8, 4) is 5.75 Å². The van der Waals surface area contributed by atoms with Crippen LogP contribution in [0.4, 0.5) is 0 Å². The minimum Gasteiger partial charge on any atom is -0.492 e. The van der Waals surface area contributed by atoms with Crippen molar-refractivity contribution in [2.24, 2.45) is 5.41 Å². The van der Waals surface area contributed by atoms with E-state index in [1.807, 2.05) is 0 Å². The molecule has 0 unspecified atom stereocenters. The monoisotopic (exact) mass is 438 g/mol. The molecule has 1 N–H and O–H groups in total. The Bertz CT molecular complexity index is 894. The SMILES string of the molecule is CNC(=O)CN1CC2(CCN(CC(=O)N(C)C)CC2)COc2ccccc2S1(=O)=O. The van der Waals surface area contributed by atoms with Gasteiger partial charge in [-0.05, 0) is 38.1 Å². The first-order valence-corrected chi connectivity index (χ1v) is 11.5. The minimum atomic E-state index is -3.89. The molecular formula is C20H30N4O5S. The van der Waals surface area contributed by atoms with Gasteiger partial charge in [0.1, 0.15) is 10.6 Å². The van der Waals surface area contributed by atoms with E-state index in [1.165, 1.54) is 17.4 Å².